The van der Waals surface area contributed by atoms with Crippen molar-refractivity contribution in [3.8, 4) is 0 Å². The van der Waals surface area contributed by atoms with Crippen molar-refractivity contribution in [1.82, 2.24) is 0 Å². The van der Waals surface area contributed by atoms with Crippen molar-refractivity contribution < 1.29 is 5.11 Å². The fraction of sp³-hybridized carbons (Fsp3) is 0.867. The van der Waals surface area contributed by atoms with Crippen molar-refractivity contribution in [1.29, 1.82) is 0 Å². The van der Waals surface area contributed by atoms with Crippen LogP contribution in [0.15, 0.2) is 11.6 Å². The van der Waals surface area contributed by atoms with E-state index in [1.165, 1.54) is 31.3 Å². The van der Waals surface area contributed by atoms with E-state index in [2.05, 4.69) is 33.8 Å². The Morgan fingerprint density at radius 1 is 1.19 bits per heavy atom. The summed E-state index contributed by atoms with van der Waals surface area (Å²) in [5.74, 6) is 0.350. The third-order valence-corrected chi connectivity index (χ3v) is 5.08. The lowest BCUT2D eigenvalue weighted by Gasteiger charge is -2.39. The minimum absolute atomic E-state index is 0.146. The molecule has 1 nitrogen and oxygen atoms in total. The van der Waals surface area contributed by atoms with E-state index in [-0.39, 0.29) is 16.9 Å². The number of fused-ring (bicyclic) bond motifs is 2. The third kappa shape index (κ3) is 1.95. The lowest BCUT2D eigenvalue weighted by atomic mass is 9.69. The summed E-state index contributed by atoms with van der Waals surface area (Å²) in [6.45, 7) is 9.16. The largest absolute Gasteiger partial charge is 0.392 e. The van der Waals surface area contributed by atoms with Gasteiger partial charge in [0.1, 0.15) is 0 Å². The first-order chi connectivity index (χ1) is 7.35. The standard InChI is InChI=1S/C15H26O/c1-11-6-9-15(4)8-5-7-14(2,3)12(10-11)13(15)16/h10,12-13,16H,5-9H2,1-4H3. The predicted molar refractivity (Wildman–Crippen MR) is 68.2 cm³/mol. The molecule has 0 saturated heterocycles. The van der Waals surface area contributed by atoms with E-state index in [1.54, 1.807) is 0 Å². The van der Waals surface area contributed by atoms with Crippen molar-refractivity contribution in [2.75, 3.05) is 0 Å². The Kier molecular flexibility index (Phi) is 2.94. The first-order valence-corrected chi connectivity index (χ1v) is 6.71. The Hall–Kier alpha value is -0.300. The van der Waals surface area contributed by atoms with Crippen LogP contribution in [0, 0.1) is 16.7 Å². The molecular weight excluding hydrogens is 196 g/mol. The summed E-state index contributed by atoms with van der Waals surface area (Å²) in [5.41, 5.74) is 1.87. The zero-order chi connectivity index (χ0) is 12.0. The molecule has 1 fully saturated rings. The number of aliphatic hydroxyl groups is 1. The van der Waals surface area contributed by atoms with Crippen LogP contribution in [0.25, 0.3) is 0 Å². The summed E-state index contributed by atoms with van der Waals surface area (Å²) in [7, 11) is 0. The van der Waals surface area contributed by atoms with Gasteiger partial charge in [-0.15, -0.1) is 0 Å². The van der Waals surface area contributed by atoms with Gasteiger partial charge in [-0.05, 0) is 43.4 Å². The summed E-state index contributed by atoms with van der Waals surface area (Å²) in [4.78, 5) is 0. The van der Waals surface area contributed by atoms with Crippen LogP contribution in [-0.4, -0.2) is 11.2 Å². The first kappa shape index (κ1) is 12.2. The summed E-state index contributed by atoms with van der Waals surface area (Å²) in [6.07, 6.45) is 8.24. The van der Waals surface area contributed by atoms with Crippen molar-refractivity contribution in [2.45, 2.75) is 65.9 Å². The van der Waals surface area contributed by atoms with Gasteiger partial charge in [0.25, 0.3) is 0 Å². The number of hydrogen-bond donors (Lipinski definition) is 1. The van der Waals surface area contributed by atoms with E-state index in [9.17, 15) is 5.11 Å². The average Bonchev–Trinajstić information content (AvgIpc) is 2.34. The Bertz CT molecular complexity index is 303. The Morgan fingerprint density at radius 3 is 2.56 bits per heavy atom. The predicted octanol–water partition coefficient (Wildman–Crippen LogP) is 3.92. The second kappa shape index (κ2) is 3.87. The van der Waals surface area contributed by atoms with Gasteiger partial charge < -0.3 is 5.11 Å². The van der Waals surface area contributed by atoms with Gasteiger partial charge in [-0.25, -0.2) is 0 Å². The molecule has 0 aromatic rings. The molecule has 1 heteroatoms. The van der Waals surface area contributed by atoms with Crippen LogP contribution in [-0.2, 0) is 0 Å². The minimum atomic E-state index is -0.151. The van der Waals surface area contributed by atoms with E-state index >= 15 is 0 Å². The molecule has 0 aromatic carbocycles. The highest BCUT2D eigenvalue weighted by atomic mass is 16.3. The molecule has 0 amide bonds. The number of hydrogen-bond acceptors (Lipinski definition) is 1. The Labute approximate surface area is 99.9 Å². The molecular formula is C15H26O. The lowest BCUT2D eigenvalue weighted by Crippen LogP contribution is -2.40. The van der Waals surface area contributed by atoms with Crippen LogP contribution in [0.3, 0.4) is 0 Å². The maximum Gasteiger partial charge on any atom is 0.0661 e. The zero-order valence-corrected chi connectivity index (χ0v) is 11.2. The molecule has 3 atom stereocenters. The monoisotopic (exact) mass is 222 g/mol. The van der Waals surface area contributed by atoms with Gasteiger partial charge in [0.2, 0.25) is 0 Å². The highest BCUT2D eigenvalue weighted by molar-refractivity contribution is 5.13. The van der Waals surface area contributed by atoms with E-state index in [0.717, 1.165) is 6.42 Å². The van der Waals surface area contributed by atoms with Crippen LogP contribution in [0.1, 0.15) is 59.8 Å². The van der Waals surface area contributed by atoms with Gasteiger partial charge in [-0.3, -0.25) is 0 Å². The molecule has 2 aliphatic carbocycles. The number of rotatable bonds is 0. The van der Waals surface area contributed by atoms with E-state index in [1.807, 2.05) is 0 Å². The van der Waals surface area contributed by atoms with Crippen LogP contribution in [0.5, 0.6) is 0 Å². The molecule has 2 rings (SSSR count). The fourth-order valence-corrected chi connectivity index (χ4v) is 3.59. The van der Waals surface area contributed by atoms with Gasteiger partial charge in [0.05, 0.1) is 6.10 Å². The van der Waals surface area contributed by atoms with Crippen molar-refractivity contribution in [2.24, 2.45) is 16.7 Å². The summed E-state index contributed by atoms with van der Waals surface area (Å²) in [6, 6.07) is 0. The molecule has 2 bridgehead atoms. The molecule has 1 saturated carbocycles. The molecule has 3 unspecified atom stereocenters. The molecule has 0 aliphatic heterocycles. The molecule has 92 valence electrons. The topological polar surface area (TPSA) is 20.2 Å². The lowest BCUT2D eigenvalue weighted by molar-refractivity contribution is -0.0205. The van der Waals surface area contributed by atoms with Crippen LogP contribution < -0.4 is 0 Å². The maximum atomic E-state index is 10.7. The molecule has 0 aromatic heterocycles. The minimum Gasteiger partial charge on any atom is -0.392 e. The highest BCUT2D eigenvalue weighted by Gasteiger charge is 2.46. The van der Waals surface area contributed by atoms with Gasteiger partial charge >= 0.3 is 0 Å². The molecule has 1 N–H and O–H groups in total. The highest BCUT2D eigenvalue weighted by Crippen LogP contribution is 2.51. The summed E-state index contributed by atoms with van der Waals surface area (Å²) >= 11 is 0. The van der Waals surface area contributed by atoms with E-state index in [4.69, 9.17) is 0 Å². The van der Waals surface area contributed by atoms with E-state index in [0.29, 0.717) is 5.92 Å². The Morgan fingerprint density at radius 2 is 1.88 bits per heavy atom. The summed E-state index contributed by atoms with van der Waals surface area (Å²) < 4.78 is 0. The van der Waals surface area contributed by atoms with Crippen molar-refractivity contribution in [3.05, 3.63) is 11.6 Å². The first-order valence-electron chi connectivity index (χ1n) is 6.71. The van der Waals surface area contributed by atoms with Crippen molar-refractivity contribution >= 4 is 0 Å². The van der Waals surface area contributed by atoms with Gasteiger partial charge in [0.15, 0.2) is 0 Å². The number of allylic oxidation sites excluding steroid dienone is 1. The summed E-state index contributed by atoms with van der Waals surface area (Å²) in [5, 5.41) is 10.7. The quantitative estimate of drug-likeness (QED) is 0.616. The van der Waals surface area contributed by atoms with Crippen LogP contribution in [0.2, 0.25) is 0 Å². The van der Waals surface area contributed by atoms with Gasteiger partial charge in [-0.2, -0.15) is 0 Å². The van der Waals surface area contributed by atoms with Crippen LogP contribution in [0.4, 0.5) is 0 Å². The molecule has 2 aliphatic rings. The molecule has 16 heavy (non-hydrogen) atoms. The smallest absolute Gasteiger partial charge is 0.0661 e. The third-order valence-electron chi connectivity index (χ3n) is 5.08. The van der Waals surface area contributed by atoms with E-state index < -0.39 is 0 Å². The van der Waals surface area contributed by atoms with Gasteiger partial charge in [-0.1, -0.05) is 38.8 Å². The molecule has 0 spiro atoms. The van der Waals surface area contributed by atoms with Crippen molar-refractivity contribution in [3.63, 3.8) is 0 Å². The average molecular weight is 222 g/mol. The Balaban J connectivity index is 2.42. The second-order valence-electron chi connectivity index (χ2n) is 6.98. The maximum absolute atomic E-state index is 10.7. The normalized spacial score (nSPS) is 43.2. The SMILES string of the molecule is CC1=CC2C(O)C(C)(CCCC2(C)C)CC1. The second-order valence-corrected chi connectivity index (χ2v) is 6.98. The van der Waals surface area contributed by atoms with Gasteiger partial charge in [0, 0.05) is 5.92 Å². The van der Waals surface area contributed by atoms with Crippen LogP contribution >= 0.6 is 0 Å². The molecule has 0 heterocycles. The molecule has 0 radical (unpaired) electrons. The fourth-order valence-electron chi connectivity index (χ4n) is 3.59. The zero-order valence-electron chi connectivity index (χ0n) is 11.2. The number of aliphatic hydroxyl groups excluding tert-OH is 1.